The fourth-order valence-electron chi connectivity index (χ4n) is 2.76. The van der Waals surface area contributed by atoms with Crippen LogP contribution in [-0.4, -0.2) is 18.6 Å². The molecule has 2 nitrogen and oxygen atoms in total. The van der Waals surface area contributed by atoms with Crippen molar-refractivity contribution < 1.29 is 4.74 Å². The normalized spacial score (nSPS) is 17.9. The van der Waals surface area contributed by atoms with Gasteiger partial charge in [0.15, 0.2) is 0 Å². The second kappa shape index (κ2) is 5.45. The Morgan fingerprint density at radius 1 is 1.05 bits per heavy atom. The smallest absolute Gasteiger partial charge is 0.124 e. The predicted octanol–water partition coefficient (Wildman–Crippen LogP) is 3.64. The van der Waals surface area contributed by atoms with Crippen molar-refractivity contribution in [2.45, 2.75) is 19.0 Å². The van der Waals surface area contributed by atoms with Gasteiger partial charge >= 0.3 is 0 Å². The lowest BCUT2D eigenvalue weighted by Crippen LogP contribution is -2.28. The molecule has 0 N–H and O–H groups in total. The Hall–Kier alpha value is -1.80. The molecule has 0 bridgehead atoms. The summed E-state index contributed by atoms with van der Waals surface area (Å²) < 4.78 is 5.73. The van der Waals surface area contributed by atoms with Crippen LogP contribution < -0.4 is 4.74 Å². The van der Waals surface area contributed by atoms with Gasteiger partial charge in [-0.1, -0.05) is 48.5 Å². The molecule has 1 heterocycles. The van der Waals surface area contributed by atoms with E-state index in [2.05, 4.69) is 60.5 Å². The monoisotopic (exact) mass is 253 g/mol. The van der Waals surface area contributed by atoms with E-state index in [0.717, 1.165) is 25.3 Å². The van der Waals surface area contributed by atoms with Crippen molar-refractivity contribution in [1.82, 2.24) is 4.90 Å². The molecule has 0 aromatic heterocycles. The van der Waals surface area contributed by atoms with Crippen LogP contribution in [0.25, 0.3) is 0 Å². The zero-order valence-corrected chi connectivity index (χ0v) is 11.3. The molecule has 1 unspecified atom stereocenters. The minimum absolute atomic E-state index is 0.449. The Labute approximate surface area is 114 Å². The Bertz CT molecular complexity index is 538. The molecule has 1 aliphatic rings. The highest BCUT2D eigenvalue weighted by Gasteiger charge is 2.24. The van der Waals surface area contributed by atoms with E-state index in [1.54, 1.807) is 0 Å². The lowest BCUT2D eigenvalue weighted by Gasteiger charge is -2.33. The predicted molar refractivity (Wildman–Crippen MR) is 77.2 cm³/mol. The van der Waals surface area contributed by atoms with Crippen LogP contribution in [0.2, 0.25) is 0 Å². The highest BCUT2D eigenvalue weighted by atomic mass is 16.5. The van der Waals surface area contributed by atoms with Gasteiger partial charge in [0.1, 0.15) is 5.75 Å². The zero-order valence-electron chi connectivity index (χ0n) is 11.3. The van der Waals surface area contributed by atoms with E-state index in [1.165, 1.54) is 11.1 Å². The van der Waals surface area contributed by atoms with Crippen molar-refractivity contribution in [3.63, 3.8) is 0 Å². The van der Waals surface area contributed by atoms with Gasteiger partial charge in [0.25, 0.3) is 0 Å². The molecule has 0 amide bonds. The minimum Gasteiger partial charge on any atom is -0.493 e. The van der Waals surface area contributed by atoms with Crippen LogP contribution in [0.15, 0.2) is 54.6 Å². The van der Waals surface area contributed by atoms with E-state index in [0.29, 0.717) is 6.04 Å². The largest absolute Gasteiger partial charge is 0.493 e. The molecule has 0 radical (unpaired) electrons. The van der Waals surface area contributed by atoms with Gasteiger partial charge in [0.2, 0.25) is 0 Å². The van der Waals surface area contributed by atoms with Crippen LogP contribution in [0.5, 0.6) is 5.75 Å². The number of hydrogen-bond donors (Lipinski definition) is 0. The summed E-state index contributed by atoms with van der Waals surface area (Å²) in [5.41, 5.74) is 2.67. The van der Waals surface area contributed by atoms with Crippen LogP contribution in [0.1, 0.15) is 23.6 Å². The van der Waals surface area contributed by atoms with Crippen molar-refractivity contribution in [2.75, 3.05) is 13.7 Å². The van der Waals surface area contributed by atoms with Gasteiger partial charge in [0, 0.05) is 24.6 Å². The van der Waals surface area contributed by atoms with E-state index in [9.17, 15) is 0 Å². The fourth-order valence-corrected chi connectivity index (χ4v) is 2.76. The molecule has 0 spiro atoms. The first-order valence-electron chi connectivity index (χ1n) is 6.80. The van der Waals surface area contributed by atoms with E-state index >= 15 is 0 Å². The number of benzene rings is 2. The highest BCUT2D eigenvalue weighted by molar-refractivity contribution is 5.37. The van der Waals surface area contributed by atoms with Gasteiger partial charge in [-0.25, -0.2) is 0 Å². The lowest BCUT2D eigenvalue weighted by atomic mass is 9.99. The second-order valence-electron chi connectivity index (χ2n) is 5.09. The van der Waals surface area contributed by atoms with Crippen LogP contribution in [0, 0.1) is 0 Å². The van der Waals surface area contributed by atoms with E-state index in [1.807, 2.05) is 6.07 Å². The Balaban J connectivity index is 1.80. The lowest BCUT2D eigenvalue weighted by molar-refractivity contribution is 0.161. The molecule has 2 aromatic carbocycles. The van der Waals surface area contributed by atoms with Gasteiger partial charge < -0.3 is 4.74 Å². The molecule has 19 heavy (non-hydrogen) atoms. The summed E-state index contributed by atoms with van der Waals surface area (Å²) in [6, 6.07) is 19.5. The maximum absolute atomic E-state index is 5.73. The van der Waals surface area contributed by atoms with E-state index < -0.39 is 0 Å². The molecular formula is C17H19NO. The summed E-state index contributed by atoms with van der Waals surface area (Å²) in [7, 11) is 2.19. The molecular weight excluding hydrogens is 234 g/mol. The average molecular weight is 253 g/mol. The van der Waals surface area contributed by atoms with Gasteiger partial charge in [-0.2, -0.15) is 0 Å². The van der Waals surface area contributed by atoms with Crippen molar-refractivity contribution in [1.29, 1.82) is 0 Å². The third-order valence-corrected chi connectivity index (χ3v) is 3.73. The molecule has 0 saturated heterocycles. The van der Waals surface area contributed by atoms with Crippen LogP contribution in [-0.2, 0) is 6.54 Å². The molecule has 2 aromatic rings. The van der Waals surface area contributed by atoms with Gasteiger partial charge in [-0.15, -0.1) is 0 Å². The summed E-state index contributed by atoms with van der Waals surface area (Å²) >= 11 is 0. The number of hydrogen-bond acceptors (Lipinski definition) is 2. The quantitative estimate of drug-likeness (QED) is 0.828. The summed E-state index contributed by atoms with van der Waals surface area (Å²) in [5.74, 6) is 1.04. The first kappa shape index (κ1) is 12.2. The number of fused-ring (bicyclic) bond motifs is 1. The van der Waals surface area contributed by atoms with Crippen LogP contribution >= 0.6 is 0 Å². The summed E-state index contributed by atoms with van der Waals surface area (Å²) in [4.78, 5) is 2.41. The Kier molecular flexibility index (Phi) is 3.51. The summed E-state index contributed by atoms with van der Waals surface area (Å²) in [6.07, 6.45) is 1.06. The molecule has 0 fully saturated rings. The maximum atomic E-state index is 5.73. The standard InChI is InChI=1S/C17H19NO/c1-18(13-14-7-3-2-4-8-14)16-11-12-19-17-10-6-5-9-15(16)17/h2-10,16H,11-13H2,1H3. The van der Waals surface area contributed by atoms with E-state index in [4.69, 9.17) is 4.74 Å². The number of para-hydroxylation sites is 1. The summed E-state index contributed by atoms with van der Waals surface area (Å²) in [5, 5.41) is 0. The van der Waals surface area contributed by atoms with Gasteiger partial charge in [-0.3, -0.25) is 4.90 Å². The molecule has 1 aliphatic heterocycles. The SMILES string of the molecule is CN(Cc1ccccc1)C1CCOc2ccccc21. The maximum Gasteiger partial charge on any atom is 0.124 e. The number of rotatable bonds is 3. The van der Waals surface area contributed by atoms with E-state index in [-0.39, 0.29) is 0 Å². The molecule has 98 valence electrons. The molecule has 2 heteroatoms. The molecule has 0 aliphatic carbocycles. The molecule has 1 atom stereocenters. The average Bonchev–Trinajstić information content (AvgIpc) is 2.47. The third-order valence-electron chi connectivity index (χ3n) is 3.73. The Morgan fingerprint density at radius 2 is 1.79 bits per heavy atom. The molecule has 3 rings (SSSR count). The first-order valence-corrected chi connectivity index (χ1v) is 6.80. The number of ether oxygens (including phenoxy) is 1. The number of nitrogens with zero attached hydrogens (tertiary/aromatic N) is 1. The topological polar surface area (TPSA) is 12.5 Å². The third kappa shape index (κ3) is 2.64. The van der Waals surface area contributed by atoms with Gasteiger partial charge in [-0.05, 0) is 18.7 Å². The second-order valence-corrected chi connectivity index (χ2v) is 5.09. The van der Waals surface area contributed by atoms with Crippen molar-refractivity contribution in [2.24, 2.45) is 0 Å². The summed E-state index contributed by atoms with van der Waals surface area (Å²) in [6.45, 7) is 1.78. The van der Waals surface area contributed by atoms with Gasteiger partial charge in [0.05, 0.1) is 6.61 Å². The van der Waals surface area contributed by atoms with Crippen LogP contribution in [0.4, 0.5) is 0 Å². The van der Waals surface area contributed by atoms with Crippen molar-refractivity contribution in [3.8, 4) is 5.75 Å². The van der Waals surface area contributed by atoms with Crippen LogP contribution in [0.3, 0.4) is 0 Å². The first-order chi connectivity index (χ1) is 9.34. The Morgan fingerprint density at radius 3 is 2.63 bits per heavy atom. The zero-order chi connectivity index (χ0) is 13.1. The highest BCUT2D eigenvalue weighted by Crippen LogP contribution is 2.35. The molecule has 0 saturated carbocycles. The minimum atomic E-state index is 0.449. The van der Waals surface area contributed by atoms with Crippen molar-refractivity contribution >= 4 is 0 Å². The fraction of sp³-hybridized carbons (Fsp3) is 0.294. The van der Waals surface area contributed by atoms with Crippen molar-refractivity contribution in [3.05, 3.63) is 65.7 Å².